The van der Waals surface area contributed by atoms with Crippen LogP contribution < -0.4 is 9.47 Å². The van der Waals surface area contributed by atoms with E-state index in [1.54, 1.807) is 7.11 Å². The van der Waals surface area contributed by atoms with E-state index in [0.29, 0.717) is 6.61 Å². The number of aryl methyl sites for hydroxylation is 1. The Bertz CT molecular complexity index is 666. The molecular formula is C18H18O3. The van der Waals surface area contributed by atoms with Gasteiger partial charge in [0.2, 0.25) is 0 Å². The number of hydrogen-bond donors (Lipinski definition) is 1. The van der Waals surface area contributed by atoms with Gasteiger partial charge in [-0.05, 0) is 42.8 Å². The minimum atomic E-state index is -0.162. The Balaban J connectivity index is 2.20. The molecule has 21 heavy (non-hydrogen) atoms. The van der Waals surface area contributed by atoms with E-state index in [0.717, 1.165) is 28.2 Å². The van der Waals surface area contributed by atoms with Crippen molar-refractivity contribution in [2.75, 3.05) is 13.7 Å². The Hall–Kier alpha value is -2.44. The van der Waals surface area contributed by atoms with Crippen LogP contribution in [0, 0.1) is 18.8 Å². The first-order valence-corrected chi connectivity index (χ1v) is 6.69. The highest BCUT2D eigenvalue weighted by atomic mass is 16.5. The molecule has 0 aliphatic rings. The summed E-state index contributed by atoms with van der Waals surface area (Å²) in [6.07, 6.45) is 0. The van der Waals surface area contributed by atoms with E-state index in [2.05, 4.69) is 11.8 Å². The largest absolute Gasteiger partial charge is 0.497 e. The number of hydrogen-bond acceptors (Lipinski definition) is 3. The zero-order chi connectivity index (χ0) is 15.1. The molecule has 3 nitrogen and oxygen atoms in total. The van der Waals surface area contributed by atoms with E-state index in [4.69, 9.17) is 14.6 Å². The van der Waals surface area contributed by atoms with Gasteiger partial charge in [-0.1, -0.05) is 24.0 Å². The number of benzene rings is 2. The van der Waals surface area contributed by atoms with Gasteiger partial charge >= 0.3 is 0 Å². The van der Waals surface area contributed by atoms with Crippen molar-refractivity contribution in [3.8, 4) is 23.3 Å². The molecule has 0 saturated carbocycles. The van der Waals surface area contributed by atoms with Crippen molar-refractivity contribution in [3.05, 3.63) is 59.2 Å². The van der Waals surface area contributed by atoms with Gasteiger partial charge < -0.3 is 14.6 Å². The van der Waals surface area contributed by atoms with Crippen molar-refractivity contribution in [3.63, 3.8) is 0 Å². The minimum absolute atomic E-state index is 0.162. The molecule has 2 rings (SSSR count). The van der Waals surface area contributed by atoms with Crippen LogP contribution >= 0.6 is 0 Å². The van der Waals surface area contributed by atoms with Crippen molar-refractivity contribution < 1.29 is 14.6 Å². The van der Waals surface area contributed by atoms with Gasteiger partial charge in [0, 0.05) is 11.1 Å². The van der Waals surface area contributed by atoms with Crippen LogP contribution in [0.2, 0.25) is 0 Å². The van der Waals surface area contributed by atoms with Crippen molar-refractivity contribution in [2.45, 2.75) is 13.5 Å². The Labute approximate surface area is 125 Å². The fourth-order valence-corrected chi connectivity index (χ4v) is 1.94. The molecule has 0 unspecified atom stereocenters. The predicted molar refractivity (Wildman–Crippen MR) is 82.5 cm³/mol. The molecule has 0 aromatic heterocycles. The van der Waals surface area contributed by atoms with E-state index >= 15 is 0 Å². The third kappa shape index (κ3) is 4.27. The molecule has 0 radical (unpaired) electrons. The zero-order valence-electron chi connectivity index (χ0n) is 12.2. The van der Waals surface area contributed by atoms with Crippen LogP contribution in [0.25, 0.3) is 0 Å². The normalized spacial score (nSPS) is 9.67. The molecule has 0 aliphatic heterocycles. The summed E-state index contributed by atoms with van der Waals surface area (Å²) in [7, 11) is 1.62. The molecule has 108 valence electrons. The smallest absolute Gasteiger partial charge is 0.120 e. The topological polar surface area (TPSA) is 38.7 Å². The Kier molecular flexibility index (Phi) is 5.25. The van der Waals surface area contributed by atoms with Crippen molar-refractivity contribution in [1.29, 1.82) is 0 Å². The van der Waals surface area contributed by atoms with Crippen LogP contribution in [0.5, 0.6) is 11.5 Å². The minimum Gasteiger partial charge on any atom is -0.497 e. The summed E-state index contributed by atoms with van der Waals surface area (Å²) in [6, 6.07) is 13.5. The second-order valence-electron chi connectivity index (χ2n) is 4.59. The van der Waals surface area contributed by atoms with Gasteiger partial charge in [0.15, 0.2) is 0 Å². The van der Waals surface area contributed by atoms with E-state index in [9.17, 15) is 0 Å². The van der Waals surface area contributed by atoms with Gasteiger partial charge in [0.05, 0.1) is 7.11 Å². The van der Waals surface area contributed by atoms with Crippen LogP contribution in [0.4, 0.5) is 0 Å². The van der Waals surface area contributed by atoms with Gasteiger partial charge in [-0.3, -0.25) is 0 Å². The quantitative estimate of drug-likeness (QED) is 0.876. The van der Waals surface area contributed by atoms with Crippen LogP contribution in [0.1, 0.15) is 16.7 Å². The van der Waals surface area contributed by atoms with Gasteiger partial charge in [-0.15, -0.1) is 0 Å². The van der Waals surface area contributed by atoms with Crippen molar-refractivity contribution in [1.82, 2.24) is 0 Å². The maximum Gasteiger partial charge on any atom is 0.120 e. The van der Waals surface area contributed by atoms with Crippen LogP contribution in [-0.2, 0) is 6.61 Å². The van der Waals surface area contributed by atoms with Gasteiger partial charge in [-0.25, -0.2) is 0 Å². The van der Waals surface area contributed by atoms with Crippen molar-refractivity contribution >= 4 is 0 Å². The summed E-state index contributed by atoms with van der Waals surface area (Å²) >= 11 is 0. The number of aliphatic hydroxyl groups excluding tert-OH is 1. The molecule has 0 heterocycles. The molecular weight excluding hydrogens is 264 g/mol. The van der Waals surface area contributed by atoms with Crippen LogP contribution in [-0.4, -0.2) is 18.8 Å². The van der Waals surface area contributed by atoms with Crippen LogP contribution in [0.3, 0.4) is 0 Å². The van der Waals surface area contributed by atoms with E-state index in [1.165, 1.54) is 0 Å². The Morgan fingerprint density at radius 3 is 2.67 bits per heavy atom. The maximum absolute atomic E-state index is 8.83. The first-order chi connectivity index (χ1) is 10.2. The lowest BCUT2D eigenvalue weighted by Gasteiger charge is -2.10. The van der Waals surface area contributed by atoms with E-state index < -0.39 is 0 Å². The van der Waals surface area contributed by atoms with Gasteiger partial charge in [0.1, 0.15) is 24.7 Å². The first-order valence-electron chi connectivity index (χ1n) is 6.69. The van der Waals surface area contributed by atoms with Crippen LogP contribution in [0.15, 0.2) is 42.5 Å². The highest BCUT2D eigenvalue weighted by Crippen LogP contribution is 2.20. The highest BCUT2D eigenvalue weighted by Gasteiger charge is 2.04. The fraction of sp³-hybridized carbons (Fsp3) is 0.222. The van der Waals surface area contributed by atoms with Crippen molar-refractivity contribution in [2.24, 2.45) is 0 Å². The highest BCUT2D eigenvalue weighted by molar-refractivity contribution is 5.45. The van der Waals surface area contributed by atoms with Gasteiger partial charge in [0.25, 0.3) is 0 Å². The average molecular weight is 282 g/mol. The molecule has 0 fully saturated rings. The summed E-state index contributed by atoms with van der Waals surface area (Å²) in [5.74, 6) is 7.16. The molecule has 0 aliphatic carbocycles. The zero-order valence-corrected chi connectivity index (χ0v) is 12.2. The molecule has 2 aromatic rings. The molecule has 2 aromatic carbocycles. The standard InChI is InChI=1S/C18H18O3/c1-14-5-3-7-18(11-14)21-13-16-12-17(20-2)9-8-15(16)6-4-10-19/h3,5,7-9,11-12,19H,10,13H2,1-2H3. The van der Waals surface area contributed by atoms with Gasteiger partial charge in [-0.2, -0.15) is 0 Å². The predicted octanol–water partition coefficient (Wildman–Crippen LogP) is 2.93. The molecule has 0 atom stereocenters. The SMILES string of the molecule is COc1ccc(C#CCO)c(COc2cccc(C)c2)c1. The molecule has 1 N–H and O–H groups in total. The Morgan fingerprint density at radius 2 is 1.95 bits per heavy atom. The third-order valence-corrected chi connectivity index (χ3v) is 3.00. The lowest BCUT2D eigenvalue weighted by atomic mass is 10.1. The third-order valence-electron chi connectivity index (χ3n) is 3.00. The molecule has 0 spiro atoms. The summed E-state index contributed by atoms with van der Waals surface area (Å²) < 4.78 is 11.0. The molecule has 0 saturated heterocycles. The first kappa shape index (κ1) is 15.0. The summed E-state index contributed by atoms with van der Waals surface area (Å²) in [5.41, 5.74) is 2.91. The van der Waals surface area contributed by atoms with E-state index in [1.807, 2.05) is 49.4 Å². The number of rotatable bonds is 4. The molecule has 0 bridgehead atoms. The molecule has 0 amide bonds. The Morgan fingerprint density at radius 1 is 1.10 bits per heavy atom. The lowest BCUT2D eigenvalue weighted by Crippen LogP contribution is -1.99. The number of methoxy groups -OCH3 is 1. The number of ether oxygens (including phenoxy) is 2. The lowest BCUT2D eigenvalue weighted by molar-refractivity contribution is 0.304. The maximum atomic E-state index is 8.83. The summed E-state index contributed by atoms with van der Waals surface area (Å²) in [4.78, 5) is 0. The van der Waals surface area contributed by atoms with E-state index in [-0.39, 0.29) is 6.61 Å². The second-order valence-corrected chi connectivity index (χ2v) is 4.59. The summed E-state index contributed by atoms with van der Waals surface area (Å²) in [6.45, 7) is 2.26. The summed E-state index contributed by atoms with van der Waals surface area (Å²) in [5, 5.41) is 8.83. The molecule has 3 heteroatoms. The number of aliphatic hydroxyl groups is 1. The monoisotopic (exact) mass is 282 g/mol. The average Bonchev–Trinajstić information content (AvgIpc) is 2.51. The fourth-order valence-electron chi connectivity index (χ4n) is 1.94. The second kappa shape index (κ2) is 7.37.